The van der Waals surface area contributed by atoms with E-state index in [2.05, 4.69) is 0 Å². The summed E-state index contributed by atoms with van der Waals surface area (Å²) >= 11 is 11.8. The van der Waals surface area contributed by atoms with Gasteiger partial charge in [-0.05, 0) is 54.1 Å². The van der Waals surface area contributed by atoms with Gasteiger partial charge in [0.1, 0.15) is 5.75 Å². The summed E-state index contributed by atoms with van der Waals surface area (Å²) in [5.74, 6) is 0.000269. The van der Waals surface area contributed by atoms with E-state index >= 15 is 0 Å². The fourth-order valence-corrected chi connectivity index (χ4v) is 5.21. The van der Waals surface area contributed by atoms with Crippen molar-refractivity contribution in [2.24, 2.45) is 0 Å². The van der Waals surface area contributed by atoms with Crippen LogP contribution < -0.4 is 9.04 Å². The molecule has 9 heteroatoms. The van der Waals surface area contributed by atoms with E-state index < -0.39 is 16.1 Å². The lowest BCUT2D eigenvalue weighted by atomic mass is 10.2. The predicted octanol–water partition coefficient (Wildman–Crippen LogP) is 4.61. The number of sulfonamides is 1. The number of ether oxygens (including phenoxy) is 1. The third-order valence-corrected chi connectivity index (χ3v) is 7.42. The number of anilines is 1. The maximum Gasteiger partial charge on any atom is 0.265 e. The predicted molar refractivity (Wildman–Crippen MR) is 125 cm³/mol. The van der Waals surface area contributed by atoms with Gasteiger partial charge in [-0.2, -0.15) is 0 Å². The van der Waals surface area contributed by atoms with E-state index in [0.29, 0.717) is 28.0 Å². The Hall–Kier alpha value is -2.74. The smallest absolute Gasteiger partial charge is 0.265 e. The van der Waals surface area contributed by atoms with Crippen molar-refractivity contribution in [3.05, 3.63) is 88.4 Å². The van der Waals surface area contributed by atoms with Crippen molar-refractivity contribution in [3.8, 4) is 5.75 Å². The molecular weight excluding hydrogens is 471 g/mol. The van der Waals surface area contributed by atoms with Crippen LogP contribution in [0.1, 0.15) is 5.56 Å². The Kier molecular flexibility index (Phi) is 6.33. The number of carbonyl (C=O) groups excluding carboxylic acids is 1. The monoisotopic (exact) mass is 490 g/mol. The van der Waals surface area contributed by atoms with Gasteiger partial charge in [0.05, 0.1) is 17.1 Å². The van der Waals surface area contributed by atoms with E-state index in [1.165, 1.54) is 33.5 Å². The number of fused-ring (bicyclic) bond motifs is 1. The molecule has 3 aromatic carbocycles. The molecule has 0 unspecified atom stereocenters. The SMILES string of the molecule is CN(Cc1ccc(Cl)cc1)C(=O)[C@H]1CN(S(=O)(=O)c2ccc(Cl)cc2)c2ccccc2O1. The molecule has 1 aliphatic heterocycles. The maximum absolute atomic E-state index is 13.4. The van der Waals surface area contributed by atoms with Crippen molar-refractivity contribution in [1.29, 1.82) is 0 Å². The molecule has 0 aliphatic carbocycles. The number of amides is 1. The minimum absolute atomic E-state index is 0.0827. The summed E-state index contributed by atoms with van der Waals surface area (Å²) in [6.45, 7) is 0.188. The minimum atomic E-state index is -3.94. The van der Waals surface area contributed by atoms with Crippen LogP contribution in [0.2, 0.25) is 10.0 Å². The van der Waals surface area contributed by atoms with Crippen LogP contribution in [0.5, 0.6) is 5.75 Å². The zero-order chi connectivity index (χ0) is 22.9. The van der Waals surface area contributed by atoms with Crippen molar-refractivity contribution in [2.75, 3.05) is 17.9 Å². The summed E-state index contributed by atoms with van der Waals surface area (Å²) in [7, 11) is -2.29. The van der Waals surface area contributed by atoms with Crippen molar-refractivity contribution in [1.82, 2.24) is 4.90 Å². The molecule has 0 spiro atoms. The summed E-state index contributed by atoms with van der Waals surface area (Å²) in [5.41, 5.74) is 1.28. The zero-order valence-corrected chi connectivity index (χ0v) is 19.4. The first kappa shape index (κ1) is 22.5. The largest absolute Gasteiger partial charge is 0.476 e. The first-order chi connectivity index (χ1) is 15.3. The minimum Gasteiger partial charge on any atom is -0.476 e. The summed E-state index contributed by atoms with van der Waals surface area (Å²) in [5, 5.41) is 1.04. The number of para-hydroxylation sites is 2. The van der Waals surface area contributed by atoms with Gasteiger partial charge in [-0.1, -0.05) is 47.5 Å². The molecule has 32 heavy (non-hydrogen) atoms. The second-order valence-electron chi connectivity index (χ2n) is 7.39. The molecule has 0 saturated heterocycles. The number of hydrogen-bond donors (Lipinski definition) is 0. The number of rotatable bonds is 5. The molecule has 0 N–H and O–H groups in total. The Morgan fingerprint density at radius 3 is 2.25 bits per heavy atom. The van der Waals surface area contributed by atoms with Gasteiger partial charge in [0.2, 0.25) is 0 Å². The highest BCUT2D eigenvalue weighted by molar-refractivity contribution is 7.92. The van der Waals surface area contributed by atoms with Gasteiger partial charge >= 0.3 is 0 Å². The Balaban J connectivity index is 1.62. The molecule has 4 rings (SSSR count). The van der Waals surface area contributed by atoms with Crippen molar-refractivity contribution in [3.63, 3.8) is 0 Å². The molecule has 1 aliphatic rings. The first-order valence-electron chi connectivity index (χ1n) is 9.79. The molecule has 0 saturated carbocycles. The van der Waals surface area contributed by atoms with Gasteiger partial charge in [0, 0.05) is 23.6 Å². The molecule has 0 fully saturated rings. The molecule has 166 valence electrons. The number of carbonyl (C=O) groups is 1. The highest BCUT2D eigenvalue weighted by Gasteiger charge is 2.38. The Bertz CT molecular complexity index is 1230. The molecule has 0 aromatic heterocycles. The van der Waals surface area contributed by atoms with E-state index in [1.54, 1.807) is 43.4 Å². The molecule has 1 heterocycles. The highest BCUT2D eigenvalue weighted by atomic mass is 35.5. The van der Waals surface area contributed by atoms with E-state index in [1.807, 2.05) is 12.1 Å². The average Bonchev–Trinajstić information content (AvgIpc) is 2.79. The number of nitrogens with zero attached hydrogens (tertiary/aromatic N) is 2. The van der Waals surface area contributed by atoms with Crippen LogP contribution in [0.25, 0.3) is 0 Å². The van der Waals surface area contributed by atoms with Crippen LogP contribution in [-0.2, 0) is 21.4 Å². The second kappa shape index (κ2) is 9.02. The number of halogens is 2. The fourth-order valence-electron chi connectivity index (χ4n) is 3.48. The van der Waals surface area contributed by atoms with Crippen LogP contribution >= 0.6 is 23.2 Å². The Morgan fingerprint density at radius 2 is 1.59 bits per heavy atom. The van der Waals surface area contributed by atoms with Crippen LogP contribution in [0.15, 0.2) is 77.7 Å². The lowest BCUT2D eigenvalue weighted by Gasteiger charge is -2.36. The van der Waals surface area contributed by atoms with Gasteiger partial charge in [-0.3, -0.25) is 9.10 Å². The quantitative estimate of drug-likeness (QED) is 0.523. The van der Waals surface area contributed by atoms with Crippen LogP contribution in [-0.4, -0.2) is 38.9 Å². The van der Waals surface area contributed by atoms with E-state index in [9.17, 15) is 13.2 Å². The van der Waals surface area contributed by atoms with Crippen LogP contribution in [0, 0.1) is 0 Å². The fraction of sp³-hybridized carbons (Fsp3) is 0.174. The van der Waals surface area contributed by atoms with Gasteiger partial charge in [0.25, 0.3) is 15.9 Å². The van der Waals surface area contributed by atoms with Crippen LogP contribution in [0.3, 0.4) is 0 Å². The summed E-state index contributed by atoms with van der Waals surface area (Å²) in [6, 6.07) is 19.9. The van der Waals surface area contributed by atoms with Gasteiger partial charge in [-0.15, -0.1) is 0 Å². The molecule has 0 radical (unpaired) electrons. The molecule has 1 amide bonds. The van der Waals surface area contributed by atoms with Crippen LogP contribution in [0.4, 0.5) is 5.69 Å². The normalized spacial score (nSPS) is 15.6. The third-order valence-electron chi connectivity index (χ3n) is 5.12. The molecule has 0 bridgehead atoms. The van der Waals surface area contributed by atoms with Gasteiger partial charge in [0.15, 0.2) is 6.10 Å². The summed E-state index contributed by atoms with van der Waals surface area (Å²) < 4.78 is 34.0. The van der Waals surface area contributed by atoms with Crippen molar-refractivity contribution < 1.29 is 17.9 Å². The van der Waals surface area contributed by atoms with Crippen molar-refractivity contribution in [2.45, 2.75) is 17.5 Å². The second-order valence-corrected chi connectivity index (χ2v) is 10.1. The Labute approximate surface area is 197 Å². The lowest BCUT2D eigenvalue weighted by molar-refractivity contribution is -0.137. The highest BCUT2D eigenvalue weighted by Crippen LogP contribution is 2.37. The van der Waals surface area contributed by atoms with Gasteiger partial charge < -0.3 is 9.64 Å². The summed E-state index contributed by atoms with van der Waals surface area (Å²) in [6.07, 6.45) is -0.996. The van der Waals surface area contributed by atoms with E-state index in [-0.39, 0.29) is 17.3 Å². The number of likely N-dealkylation sites (N-methyl/N-ethyl adjacent to an activating group) is 1. The standard InChI is InChI=1S/C23H20Cl2N2O4S/c1-26(14-16-6-8-17(24)9-7-16)23(28)22-15-27(20-4-2-3-5-21(20)31-22)32(29,30)19-12-10-18(25)11-13-19/h2-13,22H,14-15H2,1H3/t22-/m1/s1. The average molecular weight is 491 g/mol. The third kappa shape index (κ3) is 4.55. The summed E-state index contributed by atoms with van der Waals surface area (Å²) in [4.78, 5) is 14.8. The lowest BCUT2D eigenvalue weighted by Crippen LogP contribution is -2.50. The van der Waals surface area contributed by atoms with Crippen molar-refractivity contribution >= 4 is 44.8 Å². The van der Waals surface area contributed by atoms with Gasteiger partial charge in [-0.25, -0.2) is 8.42 Å². The number of benzene rings is 3. The first-order valence-corrected chi connectivity index (χ1v) is 12.0. The molecular formula is C23H20Cl2N2O4S. The van der Waals surface area contributed by atoms with E-state index in [4.69, 9.17) is 27.9 Å². The van der Waals surface area contributed by atoms with E-state index in [0.717, 1.165) is 5.56 Å². The topological polar surface area (TPSA) is 66.9 Å². The molecule has 3 aromatic rings. The zero-order valence-electron chi connectivity index (χ0n) is 17.1. The number of hydrogen-bond acceptors (Lipinski definition) is 4. The molecule has 6 nitrogen and oxygen atoms in total. The Morgan fingerprint density at radius 1 is 1.00 bits per heavy atom. The molecule has 1 atom stereocenters. The maximum atomic E-state index is 13.4.